The number of piperidine rings is 1. The number of hydrogen-bond acceptors (Lipinski definition) is 3. The van der Waals surface area contributed by atoms with Crippen molar-refractivity contribution < 1.29 is 8.42 Å². The van der Waals surface area contributed by atoms with Crippen LogP contribution in [0.3, 0.4) is 0 Å². The molecule has 5 nitrogen and oxygen atoms in total. The zero-order valence-electron chi connectivity index (χ0n) is 11.1. The van der Waals surface area contributed by atoms with Gasteiger partial charge in [0.2, 0.25) is 0 Å². The highest BCUT2D eigenvalue weighted by molar-refractivity contribution is 7.87. The molecule has 1 heterocycles. The third-order valence-electron chi connectivity index (χ3n) is 4.44. The third-order valence-corrected chi connectivity index (χ3v) is 6.15. The van der Waals surface area contributed by atoms with E-state index in [-0.39, 0.29) is 6.04 Å². The lowest BCUT2D eigenvalue weighted by Gasteiger charge is -2.35. The summed E-state index contributed by atoms with van der Waals surface area (Å²) in [5, 5.41) is 0. The largest absolute Gasteiger partial charge is 0.330 e. The number of nitrogens with two attached hydrogens (primary N) is 1. The van der Waals surface area contributed by atoms with Crippen LogP contribution in [0.1, 0.15) is 39.0 Å². The molecule has 0 aromatic heterocycles. The van der Waals surface area contributed by atoms with Crippen LogP contribution < -0.4 is 10.5 Å². The Balaban J connectivity index is 1.86. The molecule has 2 rings (SSSR count). The van der Waals surface area contributed by atoms with Gasteiger partial charge in [-0.15, -0.1) is 0 Å². The predicted molar refractivity (Wildman–Crippen MR) is 72.2 cm³/mol. The molecule has 6 heteroatoms. The van der Waals surface area contributed by atoms with E-state index in [4.69, 9.17) is 5.73 Å². The van der Waals surface area contributed by atoms with E-state index in [2.05, 4.69) is 4.72 Å². The minimum absolute atomic E-state index is 0.0657. The Bertz CT molecular complexity index is 360. The van der Waals surface area contributed by atoms with Crippen LogP contribution in [0.4, 0.5) is 0 Å². The molecule has 0 spiro atoms. The van der Waals surface area contributed by atoms with Gasteiger partial charge in [0, 0.05) is 19.1 Å². The third kappa shape index (κ3) is 3.23. The Kier molecular flexibility index (Phi) is 4.64. The highest BCUT2D eigenvalue weighted by Crippen LogP contribution is 2.30. The molecule has 106 valence electrons. The number of nitrogens with one attached hydrogen (secondary N) is 1. The van der Waals surface area contributed by atoms with Gasteiger partial charge in [-0.3, -0.25) is 0 Å². The normalized spacial score (nSPS) is 25.9. The highest BCUT2D eigenvalue weighted by Gasteiger charge is 2.32. The van der Waals surface area contributed by atoms with Crippen LogP contribution in [-0.2, 0) is 10.2 Å². The molecule has 1 atom stereocenters. The summed E-state index contributed by atoms with van der Waals surface area (Å²) < 4.78 is 28.8. The second-order valence-corrected chi connectivity index (χ2v) is 7.38. The Morgan fingerprint density at radius 3 is 2.33 bits per heavy atom. The van der Waals surface area contributed by atoms with Gasteiger partial charge in [0.25, 0.3) is 10.2 Å². The molecule has 0 radical (unpaired) electrons. The fourth-order valence-corrected chi connectivity index (χ4v) is 4.23. The molecule has 18 heavy (non-hydrogen) atoms. The van der Waals surface area contributed by atoms with Crippen LogP contribution >= 0.6 is 0 Å². The summed E-state index contributed by atoms with van der Waals surface area (Å²) in [6, 6.07) is 0.0657. The minimum atomic E-state index is -3.29. The van der Waals surface area contributed by atoms with Gasteiger partial charge in [0.1, 0.15) is 0 Å². The molecule has 2 fully saturated rings. The smallest absolute Gasteiger partial charge is 0.279 e. The van der Waals surface area contributed by atoms with E-state index in [9.17, 15) is 8.42 Å². The first-order chi connectivity index (χ1) is 8.53. The molecule has 0 amide bonds. The first-order valence-corrected chi connectivity index (χ1v) is 8.44. The van der Waals surface area contributed by atoms with Crippen molar-refractivity contribution >= 4 is 10.2 Å². The number of hydrogen-bond donors (Lipinski definition) is 2. The van der Waals surface area contributed by atoms with E-state index < -0.39 is 10.2 Å². The Hall–Kier alpha value is -0.170. The SMILES string of the molecule is CC(NS(=O)(=O)N1CCC(CN)CC1)C1CCC1. The van der Waals surface area contributed by atoms with Gasteiger partial charge in [-0.2, -0.15) is 17.4 Å². The average molecular weight is 275 g/mol. The van der Waals surface area contributed by atoms with Crippen molar-refractivity contribution in [2.45, 2.75) is 45.1 Å². The Morgan fingerprint density at radius 2 is 1.89 bits per heavy atom. The summed E-state index contributed by atoms with van der Waals surface area (Å²) in [6.07, 6.45) is 5.31. The van der Waals surface area contributed by atoms with Crippen molar-refractivity contribution in [1.82, 2.24) is 9.03 Å². The molecule has 1 unspecified atom stereocenters. The lowest BCUT2D eigenvalue weighted by molar-refractivity contribution is 0.246. The van der Waals surface area contributed by atoms with Crippen LogP contribution in [0, 0.1) is 11.8 Å². The topological polar surface area (TPSA) is 75.4 Å². The maximum atomic E-state index is 12.2. The summed E-state index contributed by atoms with van der Waals surface area (Å²) in [4.78, 5) is 0. The van der Waals surface area contributed by atoms with Crippen molar-refractivity contribution in [2.75, 3.05) is 19.6 Å². The molecular formula is C12H25N3O2S. The van der Waals surface area contributed by atoms with Crippen molar-refractivity contribution in [3.63, 3.8) is 0 Å². The van der Waals surface area contributed by atoms with Crippen LogP contribution in [-0.4, -0.2) is 38.4 Å². The Labute approximate surface area is 110 Å². The van der Waals surface area contributed by atoms with Crippen LogP contribution in [0.15, 0.2) is 0 Å². The van der Waals surface area contributed by atoms with E-state index in [0.29, 0.717) is 31.5 Å². The van der Waals surface area contributed by atoms with E-state index in [1.54, 1.807) is 4.31 Å². The second kappa shape index (κ2) is 5.86. The van der Waals surface area contributed by atoms with Crippen molar-refractivity contribution in [3.8, 4) is 0 Å². The van der Waals surface area contributed by atoms with E-state index in [1.165, 1.54) is 6.42 Å². The van der Waals surface area contributed by atoms with E-state index in [0.717, 1.165) is 25.7 Å². The summed E-state index contributed by atoms with van der Waals surface area (Å²) in [5.41, 5.74) is 5.62. The summed E-state index contributed by atoms with van der Waals surface area (Å²) in [7, 11) is -3.29. The zero-order chi connectivity index (χ0) is 13.2. The zero-order valence-corrected chi connectivity index (χ0v) is 12.0. The standard InChI is InChI=1S/C12H25N3O2S/c1-10(12-3-2-4-12)14-18(16,17)15-7-5-11(9-13)6-8-15/h10-12,14H,2-9,13H2,1H3. The lowest BCUT2D eigenvalue weighted by atomic mass is 9.81. The number of nitrogens with zero attached hydrogens (tertiary/aromatic N) is 1. The van der Waals surface area contributed by atoms with Gasteiger partial charge in [0.15, 0.2) is 0 Å². The van der Waals surface area contributed by atoms with Crippen molar-refractivity contribution in [1.29, 1.82) is 0 Å². The molecule has 0 aromatic carbocycles. The molecule has 1 aliphatic heterocycles. The molecule has 3 N–H and O–H groups in total. The Morgan fingerprint density at radius 1 is 1.28 bits per heavy atom. The molecule has 0 bridgehead atoms. The van der Waals surface area contributed by atoms with Gasteiger partial charge >= 0.3 is 0 Å². The van der Waals surface area contributed by atoms with Crippen molar-refractivity contribution in [2.24, 2.45) is 17.6 Å². The van der Waals surface area contributed by atoms with Gasteiger partial charge in [-0.05, 0) is 51.0 Å². The highest BCUT2D eigenvalue weighted by atomic mass is 32.2. The predicted octanol–water partition coefficient (Wildman–Crippen LogP) is 0.680. The molecule has 1 aliphatic carbocycles. The number of rotatable bonds is 5. The van der Waals surface area contributed by atoms with Gasteiger partial charge in [-0.1, -0.05) is 6.42 Å². The average Bonchev–Trinajstić information content (AvgIpc) is 2.26. The molecule has 1 saturated heterocycles. The van der Waals surface area contributed by atoms with Crippen molar-refractivity contribution in [3.05, 3.63) is 0 Å². The minimum Gasteiger partial charge on any atom is -0.330 e. The first-order valence-electron chi connectivity index (χ1n) is 7.00. The lowest BCUT2D eigenvalue weighted by Crippen LogP contribution is -2.50. The van der Waals surface area contributed by atoms with Crippen LogP contribution in [0.5, 0.6) is 0 Å². The van der Waals surface area contributed by atoms with Crippen LogP contribution in [0.25, 0.3) is 0 Å². The maximum Gasteiger partial charge on any atom is 0.279 e. The molecule has 0 aromatic rings. The van der Waals surface area contributed by atoms with Gasteiger partial charge in [-0.25, -0.2) is 0 Å². The second-order valence-electron chi connectivity index (χ2n) is 5.68. The summed E-state index contributed by atoms with van der Waals surface area (Å²) in [5.74, 6) is 1.02. The fraction of sp³-hybridized carbons (Fsp3) is 1.00. The molecular weight excluding hydrogens is 250 g/mol. The fourth-order valence-electron chi connectivity index (χ4n) is 2.73. The molecule has 1 saturated carbocycles. The van der Waals surface area contributed by atoms with E-state index >= 15 is 0 Å². The summed E-state index contributed by atoms with van der Waals surface area (Å²) >= 11 is 0. The van der Waals surface area contributed by atoms with Crippen LogP contribution in [0.2, 0.25) is 0 Å². The maximum absolute atomic E-state index is 12.2. The monoisotopic (exact) mass is 275 g/mol. The quantitative estimate of drug-likeness (QED) is 0.775. The molecule has 2 aliphatic rings. The van der Waals surface area contributed by atoms with E-state index in [1.807, 2.05) is 6.92 Å². The van der Waals surface area contributed by atoms with Gasteiger partial charge < -0.3 is 5.73 Å². The summed E-state index contributed by atoms with van der Waals surface area (Å²) in [6.45, 7) is 3.86. The van der Waals surface area contributed by atoms with Gasteiger partial charge in [0.05, 0.1) is 0 Å². The first kappa shape index (κ1) is 14.2.